The zero-order valence-corrected chi connectivity index (χ0v) is 28.3. The molecule has 6 N–H and O–H groups in total. The Bertz CT molecular complexity index is 524. The van der Waals surface area contributed by atoms with Crippen molar-refractivity contribution in [3.63, 3.8) is 0 Å². The molecule has 0 unspecified atom stereocenters. The summed E-state index contributed by atoms with van der Waals surface area (Å²) < 4.78 is 10.9. The molecular weight excluding hydrogens is 562 g/mol. The van der Waals surface area contributed by atoms with Gasteiger partial charge >= 0.3 is 17.2 Å². The third-order valence-electron chi connectivity index (χ3n) is 8.65. The van der Waals surface area contributed by atoms with E-state index in [4.69, 9.17) is 9.05 Å². The summed E-state index contributed by atoms with van der Waals surface area (Å²) in [7, 11) is -5.47. The molecule has 10 heteroatoms. The summed E-state index contributed by atoms with van der Waals surface area (Å²) in [6.07, 6.45) is 26.6. The van der Waals surface area contributed by atoms with Gasteiger partial charge in [0.25, 0.3) is 0 Å². The maximum atomic E-state index is 10.5. The van der Waals surface area contributed by atoms with Gasteiger partial charge in [-0.05, 0) is 12.8 Å². The van der Waals surface area contributed by atoms with Crippen molar-refractivity contribution in [3.8, 4) is 0 Å². The van der Waals surface area contributed by atoms with E-state index < -0.39 is 41.4 Å². The van der Waals surface area contributed by atoms with Gasteiger partial charge in [-0.3, -0.25) is 0 Å². The molecule has 248 valence electrons. The van der Waals surface area contributed by atoms with Crippen LogP contribution in [-0.2, 0) is 9.05 Å². The molecule has 0 fully saturated rings. The van der Waals surface area contributed by atoms with E-state index >= 15 is 0 Å². The lowest BCUT2D eigenvalue weighted by Crippen LogP contribution is -2.56. The Labute approximate surface area is 254 Å². The van der Waals surface area contributed by atoms with E-state index in [0.29, 0.717) is 12.8 Å². The van der Waals surface area contributed by atoms with Crippen LogP contribution in [0.4, 0.5) is 0 Å². The number of aliphatic hydroxyl groups excluding tert-OH is 2. The van der Waals surface area contributed by atoms with E-state index in [1.165, 1.54) is 89.9 Å². The monoisotopic (exact) mass is 628 g/mol. The van der Waals surface area contributed by atoms with Crippen LogP contribution in [0, 0.1) is 5.41 Å². The molecule has 41 heavy (non-hydrogen) atoms. The van der Waals surface area contributed by atoms with Crippen molar-refractivity contribution < 1.29 is 38.8 Å². The highest BCUT2D eigenvalue weighted by Gasteiger charge is 2.53. The van der Waals surface area contributed by atoms with Crippen molar-refractivity contribution in [2.75, 3.05) is 19.8 Å². The number of unbranched alkanes of at least 4 members (excludes halogenated alkanes) is 20. The van der Waals surface area contributed by atoms with Crippen molar-refractivity contribution in [2.45, 2.75) is 174 Å². The first-order valence-electron chi connectivity index (χ1n) is 16.7. The van der Waals surface area contributed by atoms with Gasteiger partial charge in [0.15, 0.2) is 0 Å². The normalized spacial score (nSPS) is 12.7. The van der Waals surface area contributed by atoms with Gasteiger partial charge in [-0.15, -0.1) is 0 Å². The Hall–Kier alpha value is 0.540. The molecule has 0 radical (unpaired) electrons. The highest BCUT2D eigenvalue weighted by atomic mass is 31.2. The topological polar surface area (TPSA) is 140 Å². The van der Waals surface area contributed by atoms with Crippen LogP contribution in [0.25, 0.3) is 0 Å². The predicted octanol–water partition coefficient (Wildman–Crippen LogP) is 8.55. The van der Waals surface area contributed by atoms with Gasteiger partial charge in [-0.2, -0.15) is 0 Å². The molecule has 0 heterocycles. The molecule has 0 saturated carbocycles. The Morgan fingerprint density at radius 3 is 1.05 bits per heavy atom. The summed E-state index contributed by atoms with van der Waals surface area (Å²) in [5, 5.41) is 20.9. The van der Waals surface area contributed by atoms with Gasteiger partial charge in [0.1, 0.15) is 0 Å². The lowest BCUT2D eigenvalue weighted by molar-refractivity contribution is -0.147. The van der Waals surface area contributed by atoms with Crippen LogP contribution in [0.1, 0.15) is 168 Å². The van der Waals surface area contributed by atoms with Gasteiger partial charge in [0.05, 0.1) is 30.8 Å². The molecule has 0 rings (SSSR count). The van der Waals surface area contributed by atoms with Crippen LogP contribution in [-0.4, -0.2) is 55.2 Å². The fourth-order valence-corrected chi connectivity index (χ4v) is 6.94. The Morgan fingerprint density at radius 2 is 0.780 bits per heavy atom. The quantitative estimate of drug-likeness (QED) is 0.0322. The average Bonchev–Trinajstić information content (AvgIpc) is 2.95. The fourth-order valence-electron chi connectivity index (χ4n) is 5.89. The third kappa shape index (κ3) is 20.2. The molecular formula is C31H66O8P2. The van der Waals surface area contributed by atoms with E-state index in [9.17, 15) is 29.8 Å². The summed E-state index contributed by atoms with van der Waals surface area (Å²) in [6, 6.07) is 0. The first kappa shape index (κ1) is 41.5. The van der Waals surface area contributed by atoms with Gasteiger partial charge in [-0.1, -0.05) is 155 Å². The predicted molar refractivity (Wildman–Crippen MR) is 171 cm³/mol. The van der Waals surface area contributed by atoms with E-state index in [-0.39, 0.29) is 6.61 Å². The largest absolute Gasteiger partial charge is 0.395 e. The van der Waals surface area contributed by atoms with Crippen molar-refractivity contribution >= 4 is 17.2 Å². The van der Waals surface area contributed by atoms with E-state index in [0.717, 1.165) is 51.4 Å². The van der Waals surface area contributed by atoms with Crippen LogP contribution >= 0.6 is 17.2 Å². The third-order valence-corrected chi connectivity index (χ3v) is 9.53. The maximum Gasteiger partial charge on any atom is 0.327 e. The molecule has 0 bridgehead atoms. The minimum Gasteiger partial charge on any atom is -0.395 e. The van der Waals surface area contributed by atoms with Crippen LogP contribution in [0.2, 0.25) is 0 Å². The molecule has 8 nitrogen and oxygen atoms in total. The second-order valence-corrected chi connectivity index (χ2v) is 13.5. The zero-order chi connectivity index (χ0) is 30.7. The number of aliphatic hydroxyl groups is 2. The van der Waals surface area contributed by atoms with Gasteiger partial charge in [0, 0.05) is 0 Å². The standard InChI is InChI=1S/C31H66O8P2/c1-3-5-7-9-11-13-15-17-19-21-23-25-31(39-41(36)37,30(27-32,28-33)29-38-40(34)35)26-24-22-20-18-16-14-12-10-8-6-4-2/h32-37H,3-29H2,1-2H3. The smallest absolute Gasteiger partial charge is 0.327 e. The van der Waals surface area contributed by atoms with Crippen LogP contribution < -0.4 is 0 Å². The molecule has 0 spiro atoms. The summed E-state index contributed by atoms with van der Waals surface area (Å²) in [6.45, 7) is 3.04. The molecule has 0 atom stereocenters. The van der Waals surface area contributed by atoms with Crippen LogP contribution in [0.3, 0.4) is 0 Å². The Balaban J connectivity index is 5.02. The van der Waals surface area contributed by atoms with E-state index in [1.54, 1.807) is 0 Å². The Morgan fingerprint density at radius 1 is 0.463 bits per heavy atom. The molecule has 0 aromatic rings. The molecule has 0 aliphatic carbocycles. The Kier molecular flexibility index (Phi) is 28.4. The van der Waals surface area contributed by atoms with Crippen LogP contribution in [0.15, 0.2) is 0 Å². The van der Waals surface area contributed by atoms with Gasteiger partial charge in [-0.25, -0.2) is 0 Å². The average molecular weight is 629 g/mol. The number of rotatable bonds is 32. The minimum atomic E-state index is -2.77. The van der Waals surface area contributed by atoms with Crippen molar-refractivity contribution in [1.29, 1.82) is 0 Å². The summed E-state index contributed by atoms with van der Waals surface area (Å²) in [5.74, 6) is 0. The van der Waals surface area contributed by atoms with Crippen molar-refractivity contribution in [2.24, 2.45) is 5.41 Å². The molecule has 0 amide bonds. The van der Waals surface area contributed by atoms with Gasteiger partial charge < -0.3 is 38.8 Å². The second-order valence-electron chi connectivity index (χ2n) is 12.0. The molecule has 0 saturated heterocycles. The summed E-state index contributed by atoms with van der Waals surface area (Å²) >= 11 is 0. The van der Waals surface area contributed by atoms with Gasteiger partial charge in [0.2, 0.25) is 0 Å². The van der Waals surface area contributed by atoms with E-state index in [1.807, 2.05) is 0 Å². The molecule has 0 aromatic carbocycles. The lowest BCUT2D eigenvalue weighted by Gasteiger charge is -2.48. The second kappa shape index (κ2) is 28.0. The maximum absolute atomic E-state index is 10.5. The highest BCUT2D eigenvalue weighted by molar-refractivity contribution is 7.39. The number of hydrogen-bond donors (Lipinski definition) is 6. The molecule has 0 aliphatic rings. The fraction of sp³-hybridized carbons (Fsp3) is 1.00. The number of hydrogen-bond acceptors (Lipinski definition) is 8. The first-order valence-corrected chi connectivity index (χ1v) is 19.1. The zero-order valence-electron chi connectivity index (χ0n) is 26.5. The summed E-state index contributed by atoms with van der Waals surface area (Å²) in [4.78, 5) is 38.8. The first-order chi connectivity index (χ1) is 19.8. The van der Waals surface area contributed by atoms with Crippen molar-refractivity contribution in [3.05, 3.63) is 0 Å². The summed E-state index contributed by atoms with van der Waals surface area (Å²) in [5.41, 5.74) is -2.66. The highest BCUT2D eigenvalue weighted by Crippen LogP contribution is 2.50. The van der Waals surface area contributed by atoms with E-state index in [2.05, 4.69) is 13.8 Å². The lowest BCUT2D eigenvalue weighted by atomic mass is 9.68. The van der Waals surface area contributed by atoms with Crippen LogP contribution in [0.5, 0.6) is 0 Å². The molecule has 0 aromatic heterocycles. The minimum absolute atomic E-state index is 0.349. The molecule has 0 aliphatic heterocycles. The van der Waals surface area contributed by atoms with Crippen molar-refractivity contribution in [1.82, 2.24) is 0 Å². The SMILES string of the molecule is CCCCCCCCCCCCCC(CCCCCCCCCCCCC)(OP(O)O)C(CO)(CO)COP(O)O.